The van der Waals surface area contributed by atoms with Gasteiger partial charge in [0.1, 0.15) is 6.54 Å². The zero-order chi connectivity index (χ0) is 15.2. The molecule has 0 aliphatic heterocycles. The highest BCUT2D eigenvalue weighted by atomic mass is 32.2. The van der Waals surface area contributed by atoms with Crippen molar-refractivity contribution in [2.75, 3.05) is 13.1 Å². The molecule has 6 heteroatoms. The fraction of sp³-hybridized carbons (Fsp3) is 0.500. The second-order valence-corrected chi connectivity index (χ2v) is 6.62. The van der Waals surface area contributed by atoms with Crippen molar-refractivity contribution < 1.29 is 18.3 Å². The highest BCUT2D eigenvalue weighted by molar-refractivity contribution is 7.88. The molecule has 1 N–H and O–H groups in total. The van der Waals surface area contributed by atoms with Gasteiger partial charge in [-0.3, -0.25) is 4.79 Å². The SMILES string of the molecule is CCCN(CC(=O)O)S(=O)(=O)Cc1ccc(CC)cc1. The van der Waals surface area contributed by atoms with Gasteiger partial charge in [-0.15, -0.1) is 0 Å². The van der Waals surface area contributed by atoms with Gasteiger partial charge in [-0.25, -0.2) is 8.42 Å². The van der Waals surface area contributed by atoms with Crippen molar-refractivity contribution in [1.82, 2.24) is 4.31 Å². The zero-order valence-corrected chi connectivity index (χ0v) is 12.7. The van der Waals surface area contributed by atoms with Crippen molar-refractivity contribution in [3.63, 3.8) is 0 Å². The molecule has 0 aliphatic rings. The van der Waals surface area contributed by atoms with E-state index in [1.165, 1.54) is 0 Å². The maximum absolute atomic E-state index is 12.2. The Morgan fingerprint density at radius 2 is 1.70 bits per heavy atom. The number of aliphatic carboxylic acids is 1. The number of carbonyl (C=O) groups is 1. The van der Waals surface area contributed by atoms with Crippen LogP contribution in [0.2, 0.25) is 0 Å². The van der Waals surface area contributed by atoms with Crippen molar-refractivity contribution in [3.8, 4) is 0 Å². The van der Waals surface area contributed by atoms with Crippen LogP contribution in [-0.4, -0.2) is 36.9 Å². The van der Waals surface area contributed by atoms with Crippen LogP contribution in [0, 0.1) is 0 Å². The van der Waals surface area contributed by atoms with E-state index in [1.54, 1.807) is 12.1 Å². The molecule has 0 spiro atoms. The number of hydrogen-bond acceptors (Lipinski definition) is 3. The first-order chi connectivity index (χ1) is 9.39. The summed E-state index contributed by atoms with van der Waals surface area (Å²) in [6, 6.07) is 7.35. The molecule has 0 atom stereocenters. The maximum atomic E-state index is 12.2. The Hall–Kier alpha value is -1.40. The predicted molar refractivity (Wildman–Crippen MR) is 77.9 cm³/mol. The molecule has 0 heterocycles. The van der Waals surface area contributed by atoms with Crippen LogP contribution in [0.4, 0.5) is 0 Å². The maximum Gasteiger partial charge on any atom is 0.318 e. The second kappa shape index (κ2) is 7.40. The van der Waals surface area contributed by atoms with Crippen LogP contribution in [0.25, 0.3) is 0 Å². The van der Waals surface area contributed by atoms with Crippen LogP contribution in [-0.2, 0) is 27.0 Å². The van der Waals surface area contributed by atoms with Gasteiger partial charge < -0.3 is 5.11 Å². The number of nitrogens with zero attached hydrogens (tertiary/aromatic N) is 1. The fourth-order valence-electron chi connectivity index (χ4n) is 1.89. The molecule has 0 saturated heterocycles. The summed E-state index contributed by atoms with van der Waals surface area (Å²) in [7, 11) is -3.60. The lowest BCUT2D eigenvalue weighted by Gasteiger charge is -2.19. The van der Waals surface area contributed by atoms with E-state index in [9.17, 15) is 13.2 Å². The first-order valence-electron chi connectivity index (χ1n) is 6.66. The molecule has 0 aromatic heterocycles. The van der Waals surface area contributed by atoms with Gasteiger partial charge in [0.2, 0.25) is 10.0 Å². The molecule has 5 nitrogen and oxygen atoms in total. The summed E-state index contributed by atoms with van der Waals surface area (Å²) in [6.45, 7) is 3.59. The molecule has 0 aliphatic carbocycles. The van der Waals surface area contributed by atoms with Gasteiger partial charge in [0, 0.05) is 6.54 Å². The highest BCUT2D eigenvalue weighted by Gasteiger charge is 2.23. The zero-order valence-electron chi connectivity index (χ0n) is 11.9. The Labute approximate surface area is 120 Å². The van der Waals surface area contributed by atoms with E-state index in [1.807, 2.05) is 26.0 Å². The standard InChI is InChI=1S/C14H21NO4S/c1-3-9-15(10-14(16)17)20(18,19)11-13-7-5-12(4-2)6-8-13/h5-8H,3-4,9-11H2,1-2H3,(H,16,17). The Balaban J connectivity index is 2.86. The number of carboxylic acid groups (broad SMARTS) is 1. The Morgan fingerprint density at radius 1 is 1.15 bits per heavy atom. The summed E-state index contributed by atoms with van der Waals surface area (Å²) in [5.74, 6) is -1.30. The molecular formula is C14H21NO4S. The van der Waals surface area contributed by atoms with Crippen LogP contribution >= 0.6 is 0 Å². The van der Waals surface area contributed by atoms with Crippen LogP contribution < -0.4 is 0 Å². The average Bonchev–Trinajstić information content (AvgIpc) is 2.38. The normalized spacial score (nSPS) is 11.8. The number of aryl methyl sites for hydroxylation is 1. The lowest BCUT2D eigenvalue weighted by molar-refractivity contribution is -0.137. The van der Waals surface area contributed by atoms with E-state index in [-0.39, 0.29) is 12.3 Å². The number of rotatable bonds is 8. The summed E-state index contributed by atoms with van der Waals surface area (Å²) in [6.07, 6.45) is 1.48. The number of benzene rings is 1. The van der Waals surface area contributed by atoms with Gasteiger partial charge >= 0.3 is 5.97 Å². The number of hydrogen-bond donors (Lipinski definition) is 1. The second-order valence-electron chi connectivity index (χ2n) is 4.65. The van der Waals surface area contributed by atoms with Crippen molar-refractivity contribution in [2.45, 2.75) is 32.4 Å². The lowest BCUT2D eigenvalue weighted by Crippen LogP contribution is -2.37. The van der Waals surface area contributed by atoms with E-state index >= 15 is 0 Å². The van der Waals surface area contributed by atoms with E-state index in [0.717, 1.165) is 16.3 Å². The van der Waals surface area contributed by atoms with Crippen molar-refractivity contribution in [3.05, 3.63) is 35.4 Å². The predicted octanol–water partition coefficient (Wildman–Crippen LogP) is 1.88. The molecule has 20 heavy (non-hydrogen) atoms. The van der Waals surface area contributed by atoms with E-state index in [0.29, 0.717) is 12.0 Å². The minimum atomic E-state index is -3.60. The largest absolute Gasteiger partial charge is 0.480 e. The monoisotopic (exact) mass is 299 g/mol. The molecule has 0 saturated carbocycles. The molecule has 0 fully saturated rings. The molecular weight excluding hydrogens is 278 g/mol. The Morgan fingerprint density at radius 3 is 2.15 bits per heavy atom. The molecule has 0 amide bonds. The highest BCUT2D eigenvalue weighted by Crippen LogP contribution is 2.13. The smallest absolute Gasteiger partial charge is 0.318 e. The first-order valence-corrected chi connectivity index (χ1v) is 8.27. The van der Waals surface area contributed by atoms with Gasteiger partial charge in [0.05, 0.1) is 5.75 Å². The molecule has 1 aromatic carbocycles. The molecule has 0 radical (unpaired) electrons. The summed E-state index contributed by atoms with van der Waals surface area (Å²) >= 11 is 0. The third kappa shape index (κ3) is 4.94. The topological polar surface area (TPSA) is 74.7 Å². The molecule has 0 bridgehead atoms. The first kappa shape index (κ1) is 16.7. The van der Waals surface area contributed by atoms with Gasteiger partial charge in [0.15, 0.2) is 0 Å². The fourth-order valence-corrected chi connectivity index (χ4v) is 3.45. The molecule has 1 aromatic rings. The van der Waals surface area contributed by atoms with Gasteiger partial charge in [-0.05, 0) is 24.0 Å². The van der Waals surface area contributed by atoms with Gasteiger partial charge in [-0.1, -0.05) is 38.1 Å². The molecule has 1 rings (SSSR count). The van der Waals surface area contributed by atoms with Crippen molar-refractivity contribution >= 4 is 16.0 Å². The summed E-state index contributed by atoms with van der Waals surface area (Å²) in [5, 5.41) is 8.80. The van der Waals surface area contributed by atoms with Crippen LogP contribution in [0.3, 0.4) is 0 Å². The third-order valence-electron chi connectivity index (χ3n) is 2.96. The number of carboxylic acids is 1. The Bertz CT molecular complexity index is 537. The van der Waals surface area contributed by atoms with Gasteiger partial charge in [0.25, 0.3) is 0 Å². The van der Waals surface area contributed by atoms with Crippen LogP contribution in [0.5, 0.6) is 0 Å². The molecule has 112 valence electrons. The van der Waals surface area contributed by atoms with E-state index in [4.69, 9.17) is 5.11 Å². The third-order valence-corrected chi connectivity index (χ3v) is 4.75. The summed E-state index contributed by atoms with van der Waals surface area (Å²) in [4.78, 5) is 10.8. The van der Waals surface area contributed by atoms with Crippen molar-refractivity contribution in [1.29, 1.82) is 0 Å². The van der Waals surface area contributed by atoms with Gasteiger partial charge in [-0.2, -0.15) is 4.31 Å². The van der Waals surface area contributed by atoms with E-state index in [2.05, 4.69) is 0 Å². The minimum absolute atomic E-state index is 0.162. The Kier molecular flexibility index (Phi) is 6.16. The van der Waals surface area contributed by atoms with Crippen LogP contribution in [0.1, 0.15) is 31.4 Å². The minimum Gasteiger partial charge on any atom is -0.480 e. The quantitative estimate of drug-likeness (QED) is 0.795. The molecule has 0 unspecified atom stereocenters. The lowest BCUT2D eigenvalue weighted by atomic mass is 10.1. The summed E-state index contributed by atoms with van der Waals surface area (Å²) in [5.41, 5.74) is 1.82. The van der Waals surface area contributed by atoms with E-state index < -0.39 is 22.5 Å². The number of sulfonamides is 1. The summed E-state index contributed by atoms with van der Waals surface area (Å²) < 4.78 is 25.5. The van der Waals surface area contributed by atoms with Crippen LogP contribution in [0.15, 0.2) is 24.3 Å². The average molecular weight is 299 g/mol. The van der Waals surface area contributed by atoms with Crippen molar-refractivity contribution in [2.24, 2.45) is 0 Å².